The van der Waals surface area contributed by atoms with E-state index in [1.54, 1.807) is 11.8 Å². The SMILES string of the molecule is CSCCOc1ccc(C(C)(C)C)cc1. The second-order valence-corrected chi connectivity index (χ2v) is 5.60. The summed E-state index contributed by atoms with van der Waals surface area (Å²) < 4.78 is 5.59. The lowest BCUT2D eigenvalue weighted by atomic mass is 9.87. The smallest absolute Gasteiger partial charge is 0.119 e. The zero-order valence-corrected chi connectivity index (χ0v) is 10.9. The van der Waals surface area contributed by atoms with Crippen LogP contribution in [0.4, 0.5) is 0 Å². The van der Waals surface area contributed by atoms with Gasteiger partial charge in [-0.2, -0.15) is 11.8 Å². The zero-order valence-electron chi connectivity index (χ0n) is 10.0. The molecule has 0 amide bonds. The molecule has 0 unspecified atom stereocenters. The third kappa shape index (κ3) is 4.17. The first-order valence-corrected chi connectivity index (χ1v) is 6.65. The summed E-state index contributed by atoms with van der Waals surface area (Å²) in [5.74, 6) is 2.01. The fraction of sp³-hybridized carbons (Fsp3) is 0.538. The fourth-order valence-electron chi connectivity index (χ4n) is 1.29. The van der Waals surface area contributed by atoms with E-state index in [-0.39, 0.29) is 5.41 Å². The molecule has 0 aliphatic rings. The van der Waals surface area contributed by atoms with Crippen molar-refractivity contribution in [2.75, 3.05) is 18.6 Å². The Labute approximate surface area is 97.2 Å². The topological polar surface area (TPSA) is 9.23 Å². The molecule has 0 spiro atoms. The van der Waals surface area contributed by atoms with E-state index >= 15 is 0 Å². The Morgan fingerprint density at radius 3 is 2.20 bits per heavy atom. The molecule has 0 aliphatic carbocycles. The van der Waals surface area contributed by atoms with Crippen LogP contribution in [0.25, 0.3) is 0 Å². The van der Waals surface area contributed by atoms with Crippen LogP contribution in [0.15, 0.2) is 24.3 Å². The van der Waals surface area contributed by atoms with E-state index in [0.717, 1.165) is 18.1 Å². The molecule has 1 rings (SSSR count). The largest absolute Gasteiger partial charge is 0.493 e. The summed E-state index contributed by atoms with van der Waals surface area (Å²) in [6, 6.07) is 8.41. The predicted molar refractivity (Wildman–Crippen MR) is 69.0 cm³/mol. The quantitative estimate of drug-likeness (QED) is 0.721. The van der Waals surface area contributed by atoms with E-state index in [0.29, 0.717) is 0 Å². The van der Waals surface area contributed by atoms with E-state index in [1.165, 1.54) is 5.56 Å². The van der Waals surface area contributed by atoms with Gasteiger partial charge in [0, 0.05) is 5.75 Å². The average Bonchev–Trinajstić information content (AvgIpc) is 2.18. The monoisotopic (exact) mass is 224 g/mol. The summed E-state index contributed by atoms with van der Waals surface area (Å²) in [7, 11) is 0. The first-order valence-electron chi connectivity index (χ1n) is 5.26. The second-order valence-electron chi connectivity index (χ2n) is 4.62. The molecule has 2 heteroatoms. The molecule has 1 nitrogen and oxygen atoms in total. The van der Waals surface area contributed by atoms with Crippen LogP contribution in [0.1, 0.15) is 26.3 Å². The molecule has 0 saturated heterocycles. The van der Waals surface area contributed by atoms with Gasteiger partial charge < -0.3 is 4.74 Å². The van der Waals surface area contributed by atoms with Gasteiger partial charge in [-0.3, -0.25) is 0 Å². The van der Waals surface area contributed by atoms with Gasteiger partial charge in [-0.05, 0) is 29.4 Å². The number of ether oxygens (including phenoxy) is 1. The molecule has 1 aromatic carbocycles. The average molecular weight is 224 g/mol. The molecule has 0 aliphatic heterocycles. The lowest BCUT2D eigenvalue weighted by Crippen LogP contribution is -2.10. The van der Waals surface area contributed by atoms with Gasteiger partial charge in [-0.15, -0.1) is 0 Å². The van der Waals surface area contributed by atoms with Crippen molar-refractivity contribution in [2.24, 2.45) is 0 Å². The van der Waals surface area contributed by atoms with Crippen molar-refractivity contribution in [3.63, 3.8) is 0 Å². The predicted octanol–water partition coefficient (Wildman–Crippen LogP) is 3.73. The molecule has 0 aromatic heterocycles. The number of benzene rings is 1. The summed E-state index contributed by atoms with van der Waals surface area (Å²) in [4.78, 5) is 0. The molecular formula is C13H20OS. The van der Waals surface area contributed by atoms with Gasteiger partial charge >= 0.3 is 0 Å². The highest BCUT2D eigenvalue weighted by molar-refractivity contribution is 7.98. The van der Waals surface area contributed by atoms with Gasteiger partial charge in [0.2, 0.25) is 0 Å². The lowest BCUT2D eigenvalue weighted by molar-refractivity contribution is 0.344. The highest BCUT2D eigenvalue weighted by atomic mass is 32.2. The third-order valence-electron chi connectivity index (χ3n) is 2.28. The maximum atomic E-state index is 5.59. The number of thioether (sulfide) groups is 1. The summed E-state index contributed by atoms with van der Waals surface area (Å²) >= 11 is 1.80. The van der Waals surface area contributed by atoms with E-state index in [4.69, 9.17) is 4.74 Å². The van der Waals surface area contributed by atoms with Gasteiger partial charge in [0.25, 0.3) is 0 Å². The Balaban J connectivity index is 2.57. The molecule has 0 radical (unpaired) electrons. The van der Waals surface area contributed by atoms with Crippen molar-refractivity contribution in [1.29, 1.82) is 0 Å². The molecule has 0 atom stereocenters. The van der Waals surface area contributed by atoms with E-state index < -0.39 is 0 Å². The Bertz CT molecular complexity index is 284. The summed E-state index contributed by atoms with van der Waals surface area (Å²) in [5.41, 5.74) is 1.57. The Kier molecular flexibility index (Phi) is 4.52. The van der Waals surface area contributed by atoms with E-state index in [1.807, 2.05) is 0 Å². The van der Waals surface area contributed by atoms with Gasteiger partial charge in [0.1, 0.15) is 5.75 Å². The zero-order chi connectivity index (χ0) is 11.3. The summed E-state index contributed by atoms with van der Waals surface area (Å²) in [6.07, 6.45) is 2.09. The molecule has 15 heavy (non-hydrogen) atoms. The van der Waals surface area contributed by atoms with Gasteiger partial charge in [-0.1, -0.05) is 32.9 Å². The highest BCUT2D eigenvalue weighted by Gasteiger charge is 2.12. The minimum absolute atomic E-state index is 0.220. The standard InChI is InChI=1S/C13H20OS/c1-13(2,3)11-5-7-12(8-6-11)14-9-10-15-4/h5-8H,9-10H2,1-4H3. The van der Waals surface area contributed by atoms with Crippen molar-refractivity contribution in [2.45, 2.75) is 26.2 Å². The van der Waals surface area contributed by atoms with Crippen molar-refractivity contribution in [3.8, 4) is 5.75 Å². The van der Waals surface area contributed by atoms with Crippen LogP contribution in [0.2, 0.25) is 0 Å². The van der Waals surface area contributed by atoms with Crippen LogP contribution in [0.5, 0.6) is 5.75 Å². The van der Waals surface area contributed by atoms with Crippen LogP contribution in [-0.2, 0) is 5.41 Å². The van der Waals surface area contributed by atoms with Crippen LogP contribution >= 0.6 is 11.8 Å². The Morgan fingerprint density at radius 2 is 1.73 bits per heavy atom. The molecular weight excluding hydrogens is 204 g/mol. The van der Waals surface area contributed by atoms with Crippen LogP contribution in [0, 0.1) is 0 Å². The maximum Gasteiger partial charge on any atom is 0.119 e. The normalized spacial score (nSPS) is 11.5. The van der Waals surface area contributed by atoms with E-state index in [2.05, 4.69) is 51.3 Å². The lowest BCUT2D eigenvalue weighted by Gasteiger charge is -2.19. The highest BCUT2D eigenvalue weighted by Crippen LogP contribution is 2.24. The minimum Gasteiger partial charge on any atom is -0.493 e. The van der Waals surface area contributed by atoms with Gasteiger partial charge in [-0.25, -0.2) is 0 Å². The van der Waals surface area contributed by atoms with Gasteiger partial charge in [0.05, 0.1) is 6.61 Å². The molecule has 84 valence electrons. The van der Waals surface area contributed by atoms with E-state index in [9.17, 15) is 0 Å². The third-order valence-corrected chi connectivity index (χ3v) is 2.85. The maximum absolute atomic E-state index is 5.59. The van der Waals surface area contributed by atoms with Crippen molar-refractivity contribution in [3.05, 3.63) is 29.8 Å². The number of hydrogen-bond acceptors (Lipinski definition) is 2. The van der Waals surface area contributed by atoms with Crippen LogP contribution in [0.3, 0.4) is 0 Å². The molecule has 1 aromatic rings. The first kappa shape index (κ1) is 12.4. The van der Waals surface area contributed by atoms with Crippen LogP contribution in [-0.4, -0.2) is 18.6 Å². The first-order chi connectivity index (χ1) is 7.04. The van der Waals surface area contributed by atoms with Crippen LogP contribution < -0.4 is 4.74 Å². The fourth-order valence-corrected chi connectivity index (χ4v) is 1.54. The molecule has 0 fully saturated rings. The van der Waals surface area contributed by atoms with Crippen molar-refractivity contribution < 1.29 is 4.74 Å². The van der Waals surface area contributed by atoms with Gasteiger partial charge in [0.15, 0.2) is 0 Å². The molecule has 0 saturated carbocycles. The summed E-state index contributed by atoms with van der Waals surface area (Å²) in [6.45, 7) is 7.44. The van der Waals surface area contributed by atoms with Crippen molar-refractivity contribution in [1.82, 2.24) is 0 Å². The molecule has 0 heterocycles. The van der Waals surface area contributed by atoms with Crippen molar-refractivity contribution >= 4 is 11.8 Å². The number of hydrogen-bond donors (Lipinski definition) is 0. The number of rotatable bonds is 4. The Hall–Kier alpha value is -0.630. The molecule has 0 N–H and O–H groups in total. The minimum atomic E-state index is 0.220. The Morgan fingerprint density at radius 1 is 1.13 bits per heavy atom. The second kappa shape index (κ2) is 5.45. The molecule has 0 bridgehead atoms. The summed E-state index contributed by atoms with van der Waals surface area (Å²) in [5, 5.41) is 0.